The quantitative estimate of drug-likeness (QED) is 0.843. The van der Waals surface area contributed by atoms with Crippen LogP contribution in [0.15, 0.2) is 24.3 Å². The lowest BCUT2D eigenvalue weighted by atomic mass is 10.0. The zero-order valence-corrected chi connectivity index (χ0v) is 15.7. The molecule has 6 heteroatoms. The fourth-order valence-corrected chi connectivity index (χ4v) is 3.71. The topological polar surface area (TPSA) is 61.9 Å². The van der Waals surface area contributed by atoms with Crippen molar-refractivity contribution in [3.63, 3.8) is 0 Å². The van der Waals surface area contributed by atoms with Crippen LogP contribution in [0.25, 0.3) is 0 Å². The molecule has 6 nitrogen and oxygen atoms in total. The predicted molar refractivity (Wildman–Crippen MR) is 101 cm³/mol. The fraction of sp³-hybridized carbons (Fsp3) is 0.600. The third-order valence-corrected chi connectivity index (χ3v) is 5.27. The number of benzene rings is 1. The van der Waals surface area contributed by atoms with E-state index in [4.69, 9.17) is 4.74 Å². The Kier molecular flexibility index (Phi) is 6.27. The van der Waals surface area contributed by atoms with Gasteiger partial charge in [-0.15, -0.1) is 0 Å². The Morgan fingerprint density at radius 2 is 1.85 bits per heavy atom. The number of carbonyl (C=O) groups excluding carboxylic acids is 2. The average molecular weight is 359 g/mol. The number of carbonyl (C=O) groups is 2. The second-order valence-electron chi connectivity index (χ2n) is 7.37. The minimum absolute atomic E-state index is 0.0665. The number of hydrogen-bond donors (Lipinski definition) is 1. The van der Waals surface area contributed by atoms with E-state index < -0.39 is 0 Å². The highest BCUT2D eigenvalue weighted by Crippen LogP contribution is 2.21. The van der Waals surface area contributed by atoms with E-state index in [9.17, 15) is 9.59 Å². The molecule has 1 atom stereocenters. The number of nitrogens with one attached hydrogen (secondary N) is 1. The summed E-state index contributed by atoms with van der Waals surface area (Å²) in [5.41, 5.74) is 1.50. The first-order valence-corrected chi connectivity index (χ1v) is 9.56. The fourth-order valence-electron chi connectivity index (χ4n) is 3.71. The van der Waals surface area contributed by atoms with Gasteiger partial charge in [0.1, 0.15) is 0 Å². The first kappa shape index (κ1) is 18.9. The summed E-state index contributed by atoms with van der Waals surface area (Å²) in [6, 6.07) is 7.63. The van der Waals surface area contributed by atoms with Crippen LogP contribution < -0.4 is 10.2 Å². The second kappa shape index (κ2) is 8.64. The molecule has 3 rings (SSSR count). The van der Waals surface area contributed by atoms with Crippen LogP contribution in [0.5, 0.6) is 0 Å². The molecule has 0 bridgehead atoms. The normalized spacial score (nSPS) is 19.8. The zero-order chi connectivity index (χ0) is 18.5. The Morgan fingerprint density at radius 1 is 1.15 bits per heavy atom. The van der Waals surface area contributed by atoms with Gasteiger partial charge < -0.3 is 15.0 Å². The summed E-state index contributed by atoms with van der Waals surface area (Å²) in [6.07, 6.45) is 1.51. The highest BCUT2D eigenvalue weighted by molar-refractivity contribution is 5.97. The lowest BCUT2D eigenvalue weighted by molar-refractivity contribution is -0.117. The molecule has 0 aliphatic carbocycles. The summed E-state index contributed by atoms with van der Waals surface area (Å²) in [7, 11) is 0. The van der Waals surface area contributed by atoms with Gasteiger partial charge in [-0.1, -0.05) is 13.8 Å². The molecule has 0 radical (unpaired) electrons. The number of rotatable bonds is 6. The van der Waals surface area contributed by atoms with Crippen molar-refractivity contribution in [2.75, 3.05) is 44.3 Å². The molecule has 2 amide bonds. The van der Waals surface area contributed by atoms with Gasteiger partial charge in [0.2, 0.25) is 5.91 Å². The number of amides is 2. The van der Waals surface area contributed by atoms with E-state index in [1.165, 1.54) is 0 Å². The van der Waals surface area contributed by atoms with E-state index in [-0.39, 0.29) is 11.8 Å². The third-order valence-electron chi connectivity index (χ3n) is 5.27. The molecule has 2 aliphatic rings. The van der Waals surface area contributed by atoms with Crippen molar-refractivity contribution in [1.29, 1.82) is 0 Å². The van der Waals surface area contributed by atoms with Crippen LogP contribution >= 0.6 is 0 Å². The van der Waals surface area contributed by atoms with Gasteiger partial charge in [-0.2, -0.15) is 0 Å². The van der Waals surface area contributed by atoms with E-state index in [0.29, 0.717) is 30.5 Å². The van der Waals surface area contributed by atoms with Crippen LogP contribution in [-0.4, -0.2) is 62.1 Å². The summed E-state index contributed by atoms with van der Waals surface area (Å²) >= 11 is 0. The summed E-state index contributed by atoms with van der Waals surface area (Å²) in [5.74, 6) is 0.549. The lowest BCUT2D eigenvalue weighted by Gasteiger charge is -2.36. The molecule has 0 saturated carbocycles. The molecule has 26 heavy (non-hydrogen) atoms. The molecule has 2 saturated heterocycles. The molecule has 142 valence electrons. The standard InChI is InChI=1S/C20H29N3O3/c1-15(2)18(22-10-12-26-13-11-22)14-21-20(25)16-5-7-17(8-6-16)23-9-3-4-19(23)24/h5-8,15,18H,3-4,9-14H2,1-2H3,(H,21,25). The van der Waals surface area contributed by atoms with Gasteiger partial charge >= 0.3 is 0 Å². The summed E-state index contributed by atoms with van der Waals surface area (Å²) in [4.78, 5) is 28.5. The van der Waals surface area contributed by atoms with Crippen molar-refractivity contribution in [3.05, 3.63) is 29.8 Å². The number of anilines is 1. The first-order valence-electron chi connectivity index (χ1n) is 9.56. The van der Waals surface area contributed by atoms with Gasteiger partial charge in [0.15, 0.2) is 0 Å². The molecule has 1 aromatic carbocycles. The van der Waals surface area contributed by atoms with Crippen molar-refractivity contribution in [2.45, 2.75) is 32.7 Å². The SMILES string of the molecule is CC(C)C(CNC(=O)c1ccc(N2CCCC2=O)cc1)N1CCOCC1. The number of ether oxygens (including phenoxy) is 1. The van der Waals surface area contributed by atoms with Crippen LogP contribution in [-0.2, 0) is 9.53 Å². The molecule has 0 spiro atoms. The molecule has 1 unspecified atom stereocenters. The van der Waals surface area contributed by atoms with Crippen LogP contribution in [0.3, 0.4) is 0 Å². The highest BCUT2D eigenvalue weighted by Gasteiger charge is 2.25. The molecular weight excluding hydrogens is 330 g/mol. The Bertz CT molecular complexity index is 624. The van der Waals surface area contributed by atoms with Crippen molar-refractivity contribution < 1.29 is 14.3 Å². The Hall–Kier alpha value is -1.92. The molecule has 0 aromatic heterocycles. The minimum atomic E-state index is -0.0665. The van der Waals surface area contributed by atoms with E-state index in [1.54, 1.807) is 17.0 Å². The van der Waals surface area contributed by atoms with Crippen LogP contribution in [0, 0.1) is 5.92 Å². The van der Waals surface area contributed by atoms with E-state index in [1.807, 2.05) is 12.1 Å². The second-order valence-corrected chi connectivity index (χ2v) is 7.37. The van der Waals surface area contributed by atoms with Gasteiger partial charge in [0.25, 0.3) is 5.91 Å². The van der Waals surface area contributed by atoms with Crippen LogP contribution in [0.1, 0.15) is 37.0 Å². The lowest BCUT2D eigenvalue weighted by Crippen LogP contribution is -2.51. The monoisotopic (exact) mass is 359 g/mol. The summed E-state index contributed by atoms with van der Waals surface area (Å²) in [5, 5.41) is 3.07. The van der Waals surface area contributed by atoms with Gasteiger partial charge in [-0.3, -0.25) is 14.5 Å². The maximum absolute atomic E-state index is 12.5. The predicted octanol–water partition coefficient (Wildman–Crippen LogP) is 1.90. The van der Waals surface area contributed by atoms with Gasteiger partial charge in [-0.05, 0) is 36.6 Å². The summed E-state index contributed by atoms with van der Waals surface area (Å²) < 4.78 is 5.43. The molecule has 2 aliphatic heterocycles. The van der Waals surface area contributed by atoms with Crippen molar-refractivity contribution in [3.8, 4) is 0 Å². The molecule has 2 heterocycles. The maximum Gasteiger partial charge on any atom is 0.251 e. The van der Waals surface area contributed by atoms with Gasteiger partial charge in [0, 0.05) is 49.9 Å². The van der Waals surface area contributed by atoms with Crippen molar-refractivity contribution in [1.82, 2.24) is 10.2 Å². The van der Waals surface area contributed by atoms with Crippen molar-refractivity contribution in [2.24, 2.45) is 5.92 Å². The largest absolute Gasteiger partial charge is 0.379 e. The van der Waals surface area contributed by atoms with E-state index in [0.717, 1.165) is 45.0 Å². The molecule has 2 fully saturated rings. The van der Waals surface area contributed by atoms with Crippen LogP contribution in [0.4, 0.5) is 5.69 Å². The summed E-state index contributed by atoms with van der Waals surface area (Å²) in [6.45, 7) is 9.11. The van der Waals surface area contributed by atoms with Gasteiger partial charge in [-0.25, -0.2) is 0 Å². The Labute approximate surface area is 155 Å². The number of nitrogens with zero attached hydrogens (tertiary/aromatic N) is 2. The minimum Gasteiger partial charge on any atom is -0.379 e. The van der Waals surface area contributed by atoms with Crippen molar-refractivity contribution >= 4 is 17.5 Å². The average Bonchev–Trinajstić information content (AvgIpc) is 3.08. The first-order chi connectivity index (χ1) is 12.6. The highest BCUT2D eigenvalue weighted by atomic mass is 16.5. The maximum atomic E-state index is 12.5. The van der Waals surface area contributed by atoms with E-state index in [2.05, 4.69) is 24.1 Å². The Morgan fingerprint density at radius 3 is 2.42 bits per heavy atom. The zero-order valence-electron chi connectivity index (χ0n) is 15.7. The third kappa shape index (κ3) is 4.43. The molecular formula is C20H29N3O3. The number of morpholine rings is 1. The van der Waals surface area contributed by atoms with E-state index >= 15 is 0 Å². The van der Waals surface area contributed by atoms with Gasteiger partial charge in [0.05, 0.1) is 13.2 Å². The Balaban J connectivity index is 1.57. The number of hydrogen-bond acceptors (Lipinski definition) is 4. The molecule has 1 aromatic rings. The molecule has 1 N–H and O–H groups in total. The smallest absolute Gasteiger partial charge is 0.251 e. The van der Waals surface area contributed by atoms with Crippen LogP contribution in [0.2, 0.25) is 0 Å².